The fraction of sp³-hybridized carbons (Fsp3) is 0.250. The molecule has 1 heterocycles. The van der Waals surface area contributed by atoms with E-state index >= 15 is 0 Å². The number of ether oxygens (including phenoxy) is 3. The number of nitrogens with one attached hydrogen (secondary N) is 1. The van der Waals surface area contributed by atoms with Gasteiger partial charge in [0.2, 0.25) is 5.91 Å². The Morgan fingerprint density at radius 1 is 1.06 bits per heavy atom. The van der Waals surface area contributed by atoms with Crippen LogP contribution in [-0.4, -0.2) is 44.5 Å². The number of hydrogen-bond acceptors (Lipinski definition) is 6. The number of aryl methyl sites for hydroxylation is 1. The molecule has 1 aliphatic heterocycles. The number of carbonyl (C=O) groups is 3. The van der Waals surface area contributed by atoms with Crippen LogP contribution in [0.1, 0.15) is 34.5 Å². The van der Waals surface area contributed by atoms with Crippen molar-refractivity contribution < 1.29 is 28.6 Å². The summed E-state index contributed by atoms with van der Waals surface area (Å²) in [5, 5.41) is 2.91. The van der Waals surface area contributed by atoms with E-state index in [1.165, 1.54) is 12.0 Å². The Kier molecular flexibility index (Phi) is 7.53. The summed E-state index contributed by atoms with van der Waals surface area (Å²) in [7, 11) is 1.54. The molecule has 0 fully saturated rings. The molecule has 8 nitrogen and oxygen atoms in total. The lowest BCUT2D eigenvalue weighted by Crippen LogP contribution is -2.45. The van der Waals surface area contributed by atoms with Gasteiger partial charge in [0.05, 0.1) is 18.8 Å². The number of amides is 2. The zero-order valence-corrected chi connectivity index (χ0v) is 20.4. The SMILES string of the molecule is COc1cc(C)ccc1OCC(=O)c1ccc2c(c1)N(CC(=O)NC(C)c1ccccc1)C(=O)CO2. The molecule has 1 aliphatic rings. The summed E-state index contributed by atoms with van der Waals surface area (Å²) in [6.45, 7) is 3.21. The van der Waals surface area contributed by atoms with Gasteiger partial charge in [-0.15, -0.1) is 0 Å². The van der Waals surface area contributed by atoms with Crippen molar-refractivity contribution in [2.45, 2.75) is 19.9 Å². The summed E-state index contributed by atoms with van der Waals surface area (Å²) in [6.07, 6.45) is 0. The third kappa shape index (κ3) is 5.66. The van der Waals surface area contributed by atoms with E-state index in [-0.39, 0.29) is 43.4 Å². The molecular formula is C28H28N2O6. The molecule has 4 rings (SSSR count). The normalized spacial score (nSPS) is 13.3. The van der Waals surface area contributed by atoms with Crippen LogP contribution in [0.5, 0.6) is 17.2 Å². The van der Waals surface area contributed by atoms with E-state index in [4.69, 9.17) is 14.2 Å². The fourth-order valence-corrected chi connectivity index (χ4v) is 3.93. The van der Waals surface area contributed by atoms with Crippen LogP contribution in [0.3, 0.4) is 0 Å². The molecule has 0 bridgehead atoms. The van der Waals surface area contributed by atoms with Gasteiger partial charge in [-0.3, -0.25) is 19.3 Å². The molecule has 186 valence electrons. The monoisotopic (exact) mass is 488 g/mol. The van der Waals surface area contributed by atoms with E-state index in [1.54, 1.807) is 24.3 Å². The first-order chi connectivity index (χ1) is 17.4. The van der Waals surface area contributed by atoms with Crippen LogP contribution in [0.25, 0.3) is 0 Å². The molecular weight excluding hydrogens is 460 g/mol. The Labute approximate surface area is 209 Å². The summed E-state index contributed by atoms with van der Waals surface area (Å²) in [4.78, 5) is 39.6. The van der Waals surface area contributed by atoms with Crippen molar-refractivity contribution in [1.82, 2.24) is 5.32 Å². The average molecular weight is 489 g/mol. The second-order valence-corrected chi connectivity index (χ2v) is 8.52. The van der Waals surface area contributed by atoms with Crippen LogP contribution in [0.4, 0.5) is 5.69 Å². The highest BCUT2D eigenvalue weighted by Gasteiger charge is 2.29. The fourth-order valence-electron chi connectivity index (χ4n) is 3.93. The molecule has 1 atom stereocenters. The Morgan fingerprint density at radius 3 is 2.58 bits per heavy atom. The molecule has 2 amide bonds. The van der Waals surface area contributed by atoms with Gasteiger partial charge in [0.1, 0.15) is 12.3 Å². The summed E-state index contributed by atoms with van der Waals surface area (Å²) in [5.74, 6) is 0.443. The number of benzene rings is 3. The lowest BCUT2D eigenvalue weighted by atomic mass is 10.1. The Hall–Kier alpha value is -4.33. The first kappa shape index (κ1) is 24.8. The molecule has 0 aromatic heterocycles. The van der Waals surface area contributed by atoms with Crippen molar-refractivity contribution in [3.05, 3.63) is 83.4 Å². The highest BCUT2D eigenvalue weighted by molar-refractivity contribution is 6.04. The van der Waals surface area contributed by atoms with E-state index in [0.717, 1.165) is 11.1 Å². The molecule has 0 radical (unpaired) electrons. The number of Topliss-reactive ketones (excluding diaryl/α,β-unsaturated/α-hetero) is 1. The van der Waals surface area contributed by atoms with Gasteiger partial charge < -0.3 is 19.5 Å². The minimum atomic E-state index is -0.366. The van der Waals surface area contributed by atoms with E-state index in [0.29, 0.717) is 28.5 Å². The third-order valence-electron chi connectivity index (χ3n) is 5.88. The minimum absolute atomic E-state index is 0.182. The standard InChI is InChI=1S/C28H28N2O6/c1-18-9-11-25(26(13-18)34-3)35-16-23(31)21-10-12-24-22(14-21)30(28(33)17-36-24)15-27(32)29-19(2)20-7-5-4-6-8-20/h4-14,19H,15-17H2,1-3H3,(H,29,32). The van der Waals surface area contributed by atoms with Crippen LogP contribution in [0.15, 0.2) is 66.7 Å². The van der Waals surface area contributed by atoms with Crippen molar-refractivity contribution in [2.24, 2.45) is 0 Å². The molecule has 1 N–H and O–H groups in total. The van der Waals surface area contributed by atoms with Gasteiger partial charge in [-0.2, -0.15) is 0 Å². The van der Waals surface area contributed by atoms with Crippen LogP contribution in [0, 0.1) is 6.92 Å². The van der Waals surface area contributed by atoms with Gasteiger partial charge in [-0.05, 0) is 55.3 Å². The number of fused-ring (bicyclic) bond motifs is 1. The van der Waals surface area contributed by atoms with E-state index in [9.17, 15) is 14.4 Å². The quantitative estimate of drug-likeness (QED) is 0.460. The maximum atomic E-state index is 12.9. The molecule has 1 unspecified atom stereocenters. The predicted molar refractivity (Wildman–Crippen MR) is 135 cm³/mol. The molecule has 0 saturated carbocycles. The van der Waals surface area contributed by atoms with Gasteiger partial charge in [-0.1, -0.05) is 36.4 Å². The van der Waals surface area contributed by atoms with Gasteiger partial charge >= 0.3 is 0 Å². The zero-order chi connectivity index (χ0) is 25.7. The maximum absolute atomic E-state index is 12.9. The van der Waals surface area contributed by atoms with Crippen molar-refractivity contribution in [3.63, 3.8) is 0 Å². The second kappa shape index (κ2) is 10.9. The second-order valence-electron chi connectivity index (χ2n) is 8.52. The molecule has 36 heavy (non-hydrogen) atoms. The first-order valence-corrected chi connectivity index (χ1v) is 11.6. The lowest BCUT2D eigenvalue weighted by molar-refractivity contribution is -0.125. The molecule has 8 heteroatoms. The van der Waals surface area contributed by atoms with Gasteiger partial charge in [0.25, 0.3) is 5.91 Å². The van der Waals surface area contributed by atoms with Crippen molar-refractivity contribution in [1.29, 1.82) is 0 Å². The summed E-state index contributed by atoms with van der Waals surface area (Å²) in [6, 6.07) is 19.6. The van der Waals surface area contributed by atoms with Crippen molar-refractivity contribution >= 4 is 23.3 Å². The number of anilines is 1. The Balaban J connectivity index is 1.47. The number of methoxy groups -OCH3 is 1. The molecule has 3 aromatic rings. The van der Waals surface area contributed by atoms with Gasteiger partial charge in [0, 0.05) is 5.56 Å². The summed E-state index contributed by atoms with van der Waals surface area (Å²) >= 11 is 0. The number of hydrogen-bond donors (Lipinski definition) is 1. The predicted octanol–water partition coefficient (Wildman–Crippen LogP) is 3.87. The van der Waals surface area contributed by atoms with Crippen LogP contribution >= 0.6 is 0 Å². The highest BCUT2D eigenvalue weighted by Crippen LogP contribution is 2.33. The average Bonchev–Trinajstić information content (AvgIpc) is 2.89. The van der Waals surface area contributed by atoms with Crippen molar-refractivity contribution in [2.75, 3.05) is 31.8 Å². The van der Waals surface area contributed by atoms with Crippen LogP contribution in [-0.2, 0) is 9.59 Å². The van der Waals surface area contributed by atoms with Crippen LogP contribution in [0.2, 0.25) is 0 Å². The largest absolute Gasteiger partial charge is 0.493 e. The number of ketones is 1. The number of rotatable bonds is 9. The molecule has 0 aliphatic carbocycles. The van der Waals surface area contributed by atoms with Crippen LogP contribution < -0.4 is 24.4 Å². The van der Waals surface area contributed by atoms with E-state index in [2.05, 4.69) is 5.32 Å². The Bertz CT molecular complexity index is 1270. The highest BCUT2D eigenvalue weighted by atomic mass is 16.5. The molecule has 0 saturated heterocycles. The number of nitrogens with zero attached hydrogens (tertiary/aromatic N) is 1. The van der Waals surface area contributed by atoms with E-state index in [1.807, 2.05) is 56.3 Å². The first-order valence-electron chi connectivity index (χ1n) is 11.6. The summed E-state index contributed by atoms with van der Waals surface area (Å²) < 4.78 is 16.5. The number of carbonyl (C=O) groups excluding carboxylic acids is 3. The zero-order valence-electron chi connectivity index (χ0n) is 20.4. The van der Waals surface area contributed by atoms with Crippen molar-refractivity contribution in [3.8, 4) is 17.2 Å². The third-order valence-corrected chi connectivity index (χ3v) is 5.88. The maximum Gasteiger partial charge on any atom is 0.265 e. The molecule has 0 spiro atoms. The molecule has 3 aromatic carbocycles. The minimum Gasteiger partial charge on any atom is -0.493 e. The lowest BCUT2D eigenvalue weighted by Gasteiger charge is -2.29. The Morgan fingerprint density at radius 2 is 1.83 bits per heavy atom. The topological polar surface area (TPSA) is 94.2 Å². The van der Waals surface area contributed by atoms with Gasteiger partial charge in [0.15, 0.2) is 30.5 Å². The van der Waals surface area contributed by atoms with E-state index < -0.39 is 0 Å². The summed E-state index contributed by atoms with van der Waals surface area (Å²) in [5.41, 5.74) is 2.67. The van der Waals surface area contributed by atoms with Gasteiger partial charge in [-0.25, -0.2) is 0 Å². The smallest absolute Gasteiger partial charge is 0.265 e.